The number of anilines is 1. The van der Waals surface area contributed by atoms with Gasteiger partial charge in [-0.1, -0.05) is 41.6 Å². The van der Waals surface area contributed by atoms with Crippen LogP contribution in [0.2, 0.25) is 5.02 Å². The van der Waals surface area contributed by atoms with Crippen molar-refractivity contribution in [2.24, 2.45) is 4.99 Å². The van der Waals surface area contributed by atoms with Crippen LogP contribution in [0.3, 0.4) is 0 Å². The number of amidine groups is 1. The molecule has 1 aliphatic heterocycles. The molecule has 0 spiro atoms. The van der Waals surface area contributed by atoms with Crippen LogP contribution in [0.15, 0.2) is 41.4 Å². The number of nitrogens with one attached hydrogen (secondary N) is 1. The van der Waals surface area contributed by atoms with Gasteiger partial charge in [0.25, 0.3) is 0 Å². The number of thioether (sulfide) groups is 1. The minimum atomic E-state index is -0.557. The van der Waals surface area contributed by atoms with Crippen LogP contribution in [-0.4, -0.2) is 48.4 Å². The Balaban J connectivity index is 1.73. The second-order valence-corrected chi connectivity index (χ2v) is 8.20. The topological polar surface area (TPSA) is 80.2 Å². The number of carbonyl (C=O) groups is 2. The minimum absolute atomic E-state index is 0.00523. The number of nitrogens with zero attached hydrogens (tertiary/aromatic N) is 2. The molecular formula is C21H22ClN3O4S. The van der Waals surface area contributed by atoms with Crippen LogP contribution in [-0.2, 0) is 9.59 Å². The highest BCUT2D eigenvalue weighted by atomic mass is 35.5. The highest BCUT2D eigenvalue weighted by Crippen LogP contribution is 2.36. The molecule has 2 aromatic rings. The Kier molecular flexibility index (Phi) is 6.89. The van der Waals surface area contributed by atoms with Crippen molar-refractivity contribution in [2.75, 3.05) is 26.6 Å². The van der Waals surface area contributed by atoms with E-state index in [1.807, 2.05) is 31.2 Å². The maximum atomic E-state index is 12.6. The Morgan fingerprint density at radius 1 is 1.23 bits per heavy atom. The Labute approximate surface area is 184 Å². The van der Waals surface area contributed by atoms with Gasteiger partial charge in [0.1, 0.15) is 16.7 Å². The molecule has 0 aliphatic carbocycles. The molecule has 1 atom stereocenters. The van der Waals surface area contributed by atoms with Gasteiger partial charge in [-0.15, -0.1) is 0 Å². The fraction of sp³-hybridized carbons (Fsp3) is 0.286. The monoisotopic (exact) mass is 447 g/mol. The molecule has 0 bridgehead atoms. The van der Waals surface area contributed by atoms with Crippen LogP contribution in [0, 0.1) is 6.92 Å². The van der Waals surface area contributed by atoms with E-state index in [0.717, 1.165) is 11.3 Å². The number of halogens is 1. The number of carbonyl (C=O) groups excluding carboxylic acids is 2. The third-order valence-corrected chi connectivity index (χ3v) is 6.12. The zero-order chi connectivity index (χ0) is 21.8. The molecule has 1 fully saturated rings. The average Bonchev–Trinajstić information content (AvgIpc) is 2.98. The SMILES string of the molecule is COc1cc(NC(=O)C[C@@H]2SC(=Nc3ccccc3C)N(C)C2=O)c(OC)cc1Cl. The molecule has 1 saturated heterocycles. The van der Waals surface area contributed by atoms with E-state index in [0.29, 0.717) is 27.4 Å². The summed E-state index contributed by atoms with van der Waals surface area (Å²) in [4.78, 5) is 31.3. The van der Waals surface area contributed by atoms with Gasteiger partial charge in [0.15, 0.2) is 5.17 Å². The molecule has 0 radical (unpaired) electrons. The smallest absolute Gasteiger partial charge is 0.242 e. The molecule has 2 aromatic carbocycles. The second-order valence-electron chi connectivity index (χ2n) is 6.62. The number of aliphatic imine (C=N–C) groups is 1. The van der Waals surface area contributed by atoms with Gasteiger partial charge in [-0.25, -0.2) is 4.99 Å². The van der Waals surface area contributed by atoms with Crippen molar-refractivity contribution >= 4 is 51.7 Å². The Bertz CT molecular complexity index is 1010. The van der Waals surface area contributed by atoms with E-state index < -0.39 is 5.25 Å². The van der Waals surface area contributed by atoms with Crippen molar-refractivity contribution in [2.45, 2.75) is 18.6 Å². The molecule has 158 valence electrons. The highest BCUT2D eigenvalue weighted by molar-refractivity contribution is 8.15. The molecule has 0 saturated carbocycles. The number of para-hydroxylation sites is 1. The third kappa shape index (κ3) is 4.71. The normalized spacial score (nSPS) is 17.4. The first-order valence-electron chi connectivity index (χ1n) is 9.14. The summed E-state index contributed by atoms with van der Waals surface area (Å²) in [5.74, 6) is 0.321. The van der Waals surface area contributed by atoms with Crippen molar-refractivity contribution in [3.8, 4) is 11.5 Å². The molecule has 1 heterocycles. The molecule has 2 amide bonds. The van der Waals surface area contributed by atoms with E-state index in [2.05, 4.69) is 10.3 Å². The largest absolute Gasteiger partial charge is 0.495 e. The summed E-state index contributed by atoms with van der Waals surface area (Å²) < 4.78 is 10.5. The summed E-state index contributed by atoms with van der Waals surface area (Å²) >= 11 is 7.38. The van der Waals surface area contributed by atoms with Crippen molar-refractivity contribution < 1.29 is 19.1 Å². The van der Waals surface area contributed by atoms with Gasteiger partial charge in [0.05, 0.1) is 30.6 Å². The lowest BCUT2D eigenvalue weighted by molar-refractivity contribution is -0.127. The molecule has 7 nitrogen and oxygen atoms in total. The summed E-state index contributed by atoms with van der Waals surface area (Å²) in [5.41, 5.74) is 2.22. The summed E-state index contributed by atoms with van der Waals surface area (Å²) in [6.07, 6.45) is -0.00523. The molecule has 3 rings (SSSR count). The predicted molar refractivity (Wildman–Crippen MR) is 120 cm³/mol. The number of hydrogen-bond acceptors (Lipinski definition) is 6. The highest BCUT2D eigenvalue weighted by Gasteiger charge is 2.37. The van der Waals surface area contributed by atoms with Crippen LogP contribution in [0.1, 0.15) is 12.0 Å². The molecule has 9 heteroatoms. The number of methoxy groups -OCH3 is 2. The summed E-state index contributed by atoms with van der Waals surface area (Å²) in [6.45, 7) is 1.96. The number of ether oxygens (including phenoxy) is 2. The average molecular weight is 448 g/mol. The maximum Gasteiger partial charge on any atom is 0.242 e. The first-order valence-corrected chi connectivity index (χ1v) is 10.4. The zero-order valence-corrected chi connectivity index (χ0v) is 18.6. The van der Waals surface area contributed by atoms with E-state index >= 15 is 0 Å². The lowest BCUT2D eigenvalue weighted by Crippen LogP contribution is -2.30. The number of hydrogen-bond donors (Lipinski definition) is 1. The van der Waals surface area contributed by atoms with Crippen LogP contribution >= 0.6 is 23.4 Å². The number of rotatable bonds is 6. The summed E-state index contributed by atoms with van der Waals surface area (Å²) in [5, 5.41) is 3.15. The van der Waals surface area contributed by atoms with Gasteiger partial charge >= 0.3 is 0 Å². The van der Waals surface area contributed by atoms with E-state index in [-0.39, 0.29) is 18.2 Å². The van der Waals surface area contributed by atoms with Crippen LogP contribution in [0.25, 0.3) is 0 Å². The van der Waals surface area contributed by atoms with Gasteiger partial charge in [0, 0.05) is 25.6 Å². The standard InChI is InChI=1S/C21H22ClN3O4S/c1-12-7-5-6-8-14(12)24-21-25(2)20(27)18(30-21)11-19(26)23-15-10-16(28-3)13(22)9-17(15)29-4/h5-10,18H,11H2,1-4H3,(H,23,26)/t18-/m0/s1. The fourth-order valence-electron chi connectivity index (χ4n) is 2.92. The predicted octanol–water partition coefficient (Wildman–Crippen LogP) is 4.26. The van der Waals surface area contributed by atoms with Gasteiger partial charge in [-0.05, 0) is 18.6 Å². The fourth-order valence-corrected chi connectivity index (χ4v) is 4.30. The van der Waals surface area contributed by atoms with Crippen molar-refractivity contribution in [3.05, 3.63) is 47.0 Å². The lowest BCUT2D eigenvalue weighted by atomic mass is 10.2. The van der Waals surface area contributed by atoms with Gasteiger partial charge in [-0.2, -0.15) is 0 Å². The molecule has 1 N–H and O–H groups in total. The molecule has 1 aliphatic rings. The van der Waals surface area contributed by atoms with Crippen molar-refractivity contribution in [1.29, 1.82) is 0 Å². The van der Waals surface area contributed by atoms with Crippen molar-refractivity contribution in [1.82, 2.24) is 4.90 Å². The van der Waals surface area contributed by atoms with E-state index in [9.17, 15) is 9.59 Å². The second kappa shape index (κ2) is 9.40. The Morgan fingerprint density at radius 2 is 1.93 bits per heavy atom. The first-order chi connectivity index (χ1) is 14.3. The van der Waals surface area contributed by atoms with Crippen LogP contribution in [0.5, 0.6) is 11.5 Å². The summed E-state index contributed by atoms with van der Waals surface area (Å²) in [7, 11) is 4.63. The third-order valence-electron chi connectivity index (χ3n) is 4.59. The first kappa shape index (κ1) is 22.0. The van der Waals surface area contributed by atoms with E-state index in [1.165, 1.54) is 30.9 Å². The minimum Gasteiger partial charge on any atom is -0.495 e. The molecule has 30 heavy (non-hydrogen) atoms. The maximum absolute atomic E-state index is 12.6. The number of benzene rings is 2. The van der Waals surface area contributed by atoms with E-state index in [1.54, 1.807) is 19.2 Å². The van der Waals surface area contributed by atoms with Gasteiger partial charge < -0.3 is 14.8 Å². The Morgan fingerprint density at radius 3 is 2.60 bits per heavy atom. The lowest BCUT2D eigenvalue weighted by Gasteiger charge is -2.14. The summed E-state index contributed by atoms with van der Waals surface area (Å²) in [6, 6.07) is 10.8. The number of amides is 2. The molecule has 0 unspecified atom stereocenters. The van der Waals surface area contributed by atoms with Crippen LogP contribution in [0.4, 0.5) is 11.4 Å². The Hall–Kier alpha value is -2.71. The quantitative estimate of drug-likeness (QED) is 0.715. The van der Waals surface area contributed by atoms with Gasteiger partial charge in [-0.3, -0.25) is 14.5 Å². The molecule has 0 aromatic heterocycles. The zero-order valence-electron chi connectivity index (χ0n) is 17.1. The van der Waals surface area contributed by atoms with Crippen molar-refractivity contribution in [3.63, 3.8) is 0 Å². The van der Waals surface area contributed by atoms with E-state index in [4.69, 9.17) is 21.1 Å². The van der Waals surface area contributed by atoms with Crippen LogP contribution < -0.4 is 14.8 Å². The number of aryl methyl sites for hydroxylation is 1. The molecular weight excluding hydrogens is 426 g/mol. The van der Waals surface area contributed by atoms with Gasteiger partial charge in [0.2, 0.25) is 11.8 Å².